The van der Waals surface area contributed by atoms with E-state index in [9.17, 15) is 0 Å². The highest BCUT2D eigenvalue weighted by Crippen LogP contribution is 2.27. The van der Waals surface area contributed by atoms with Crippen molar-refractivity contribution in [1.29, 1.82) is 0 Å². The molecule has 1 aromatic carbocycles. The molecule has 0 saturated heterocycles. The van der Waals surface area contributed by atoms with Crippen LogP contribution in [-0.2, 0) is 0 Å². The number of aromatic amines is 1. The first-order valence-corrected chi connectivity index (χ1v) is 6.04. The molecule has 0 spiro atoms. The summed E-state index contributed by atoms with van der Waals surface area (Å²) < 4.78 is 0. The molecule has 3 heteroatoms. The summed E-state index contributed by atoms with van der Waals surface area (Å²) in [4.78, 5) is 4.41. The number of hydrogen-bond acceptors (Lipinski definition) is 2. The van der Waals surface area contributed by atoms with E-state index in [1.54, 1.807) is 0 Å². The Labute approximate surface area is 106 Å². The molecule has 0 aliphatic rings. The third kappa shape index (κ3) is 1.59. The number of nitrogens with zero attached hydrogens (tertiary/aromatic N) is 2. The third-order valence-corrected chi connectivity index (χ3v) is 3.52. The summed E-state index contributed by atoms with van der Waals surface area (Å²) in [6, 6.07) is 8.52. The molecule has 90 valence electrons. The fraction of sp³-hybridized carbons (Fsp3) is 0.200. The highest BCUT2D eigenvalue weighted by atomic mass is 15.1. The fourth-order valence-electron chi connectivity index (χ4n) is 2.23. The first kappa shape index (κ1) is 11.0. The van der Waals surface area contributed by atoms with Gasteiger partial charge in [0.15, 0.2) is 5.65 Å². The van der Waals surface area contributed by atoms with Gasteiger partial charge >= 0.3 is 0 Å². The Morgan fingerprint density at radius 1 is 1.11 bits per heavy atom. The molecule has 0 unspecified atom stereocenters. The second kappa shape index (κ2) is 3.95. The fourth-order valence-corrected chi connectivity index (χ4v) is 2.23. The van der Waals surface area contributed by atoms with Crippen LogP contribution in [0.1, 0.15) is 16.8 Å². The molecule has 0 fully saturated rings. The molecule has 2 heterocycles. The number of fused-ring (bicyclic) bond motifs is 1. The number of aromatic nitrogens is 3. The van der Waals surface area contributed by atoms with Gasteiger partial charge in [-0.15, -0.1) is 0 Å². The summed E-state index contributed by atoms with van der Waals surface area (Å²) in [5.41, 5.74) is 6.83. The van der Waals surface area contributed by atoms with E-state index in [1.807, 2.05) is 13.1 Å². The Hall–Kier alpha value is -2.16. The van der Waals surface area contributed by atoms with Crippen molar-refractivity contribution in [3.8, 4) is 11.1 Å². The van der Waals surface area contributed by atoms with E-state index in [0.29, 0.717) is 0 Å². The maximum absolute atomic E-state index is 4.41. The van der Waals surface area contributed by atoms with Crippen LogP contribution in [0.5, 0.6) is 0 Å². The molecule has 0 atom stereocenters. The van der Waals surface area contributed by atoms with Crippen LogP contribution in [0.4, 0.5) is 0 Å². The quantitative estimate of drug-likeness (QED) is 0.703. The van der Waals surface area contributed by atoms with Crippen molar-refractivity contribution in [2.45, 2.75) is 20.8 Å². The van der Waals surface area contributed by atoms with Crippen LogP contribution >= 0.6 is 0 Å². The van der Waals surface area contributed by atoms with Gasteiger partial charge in [0.1, 0.15) is 0 Å². The van der Waals surface area contributed by atoms with Gasteiger partial charge < -0.3 is 0 Å². The Kier molecular flexibility index (Phi) is 2.40. The first-order valence-electron chi connectivity index (χ1n) is 6.04. The van der Waals surface area contributed by atoms with E-state index in [2.05, 4.69) is 53.3 Å². The zero-order valence-corrected chi connectivity index (χ0v) is 10.8. The molecule has 0 radical (unpaired) electrons. The Morgan fingerprint density at radius 2 is 1.94 bits per heavy atom. The van der Waals surface area contributed by atoms with E-state index in [-0.39, 0.29) is 0 Å². The number of hydrogen-bond donors (Lipinski definition) is 1. The number of pyridine rings is 1. The van der Waals surface area contributed by atoms with Crippen molar-refractivity contribution in [2.24, 2.45) is 0 Å². The molecule has 0 amide bonds. The van der Waals surface area contributed by atoms with Crippen molar-refractivity contribution in [1.82, 2.24) is 15.2 Å². The Bertz CT molecular complexity index is 726. The van der Waals surface area contributed by atoms with Gasteiger partial charge in [0, 0.05) is 22.8 Å². The van der Waals surface area contributed by atoms with Crippen molar-refractivity contribution in [3.63, 3.8) is 0 Å². The minimum Gasteiger partial charge on any atom is -0.280 e. The summed E-state index contributed by atoms with van der Waals surface area (Å²) in [7, 11) is 0. The van der Waals surface area contributed by atoms with Crippen LogP contribution in [0.3, 0.4) is 0 Å². The summed E-state index contributed by atoms with van der Waals surface area (Å²) in [6.07, 6.45) is 1.89. The second-order valence-electron chi connectivity index (χ2n) is 4.69. The van der Waals surface area contributed by atoms with Crippen LogP contribution < -0.4 is 0 Å². The third-order valence-electron chi connectivity index (χ3n) is 3.52. The Morgan fingerprint density at radius 3 is 2.78 bits per heavy atom. The highest BCUT2D eigenvalue weighted by Gasteiger charge is 2.08. The summed E-state index contributed by atoms with van der Waals surface area (Å²) in [6.45, 7) is 6.30. The summed E-state index contributed by atoms with van der Waals surface area (Å²) >= 11 is 0. The molecule has 0 aliphatic heterocycles. The normalized spacial score (nSPS) is 11.1. The van der Waals surface area contributed by atoms with Gasteiger partial charge in [0.2, 0.25) is 0 Å². The monoisotopic (exact) mass is 237 g/mol. The van der Waals surface area contributed by atoms with Crippen LogP contribution in [0.25, 0.3) is 22.2 Å². The maximum atomic E-state index is 4.41. The van der Waals surface area contributed by atoms with Crippen LogP contribution in [0, 0.1) is 20.8 Å². The number of benzene rings is 1. The van der Waals surface area contributed by atoms with E-state index >= 15 is 0 Å². The summed E-state index contributed by atoms with van der Waals surface area (Å²) in [5.74, 6) is 0. The minimum absolute atomic E-state index is 0.779. The molecule has 0 aliphatic carbocycles. The molecular weight excluding hydrogens is 222 g/mol. The molecule has 0 bridgehead atoms. The molecule has 0 saturated carbocycles. The molecule has 1 N–H and O–H groups in total. The van der Waals surface area contributed by atoms with Crippen molar-refractivity contribution in [3.05, 3.63) is 47.3 Å². The number of H-pyrrole nitrogens is 1. The summed E-state index contributed by atoms with van der Waals surface area (Å²) in [5, 5.41) is 8.22. The van der Waals surface area contributed by atoms with Gasteiger partial charge in [-0.25, -0.2) is 4.98 Å². The maximum Gasteiger partial charge on any atom is 0.181 e. The van der Waals surface area contributed by atoms with Gasteiger partial charge in [-0.1, -0.05) is 18.2 Å². The highest BCUT2D eigenvalue weighted by molar-refractivity contribution is 5.83. The van der Waals surface area contributed by atoms with Gasteiger partial charge in [0.25, 0.3) is 0 Å². The lowest BCUT2D eigenvalue weighted by atomic mass is 9.98. The standard InChI is InChI=1S/C15H15N3/c1-9-5-4-6-13(10(9)2)12-7-14-11(3)17-18-15(14)16-8-12/h4-8H,1-3H3,(H,16,17,18). The lowest BCUT2D eigenvalue weighted by Gasteiger charge is -2.08. The van der Waals surface area contributed by atoms with Crippen LogP contribution in [0.15, 0.2) is 30.5 Å². The molecule has 18 heavy (non-hydrogen) atoms. The lowest BCUT2D eigenvalue weighted by molar-refractivity contribution is 1.05. The number of nitrogens with one attached hydrogen (secondary N) is 1. The number of rotatable bonds is 1. The van der Waals surface area contributed by atoms with E-state index in [4.69, 9.17) is 0 Å². The molecule has 2 aromatic heterocycles. The van der Waals surface area contributed by atoms with Gasteiger partial charge in [0.05, 0.1) is 0 Å². The first-order chi connectivity index (χ1) is 8.66. The van der Waals surface area contributed by atoms with Gasteiger partial charge in [-0.2, -0.15) is 5.10 Å². The average molecular weight is 237 g/mol. The van der Waals surface area contributed by atoms with Crippen LogP contribution in [-0.4, -0.2) is 15.2 Å². The SMILES string of the molecule is Cc1cccc(-c2cnc3n[nH]c(C)c3c2)c1C. The molecular formula is C15H15N3. The zero-order chi connectivity index (χ0) is 12.7. The Balaban J connectivity index is 2.25. The predicted octanol–water partition coefficient (Wildman–Crippen LogP) is 3.55. The number of aryl methyl sites for hydroxylation is 2. The topological polar surface area (TPSA) is 41.6 Å². The van der Waals surface area contributed by atoms with Crippen LogP contribution in [0.2, 0.25) is 0 Å². The van der Waals surface area contributed by atoms with E-state index < -0.39 is 0 Å². The molecule has 3 aromatic rings. The van der Waals surface area contributed by atoms with E-state index in [0.717, 1.165) is 22.3 Å². The predicted molar refractivity (Wildman–Crippen MR) is 73.5 cm³/mol. The average Bonchev–Trinajstić information content (AvgIpc) is 2.74. The minimum atomic E-state index is 0.779. The second-order valence-corrected chi connectivity index (χ2v) is 4.69. The largest absolute Gasteiger partial charge is 0.280 e. The van der Waals surface area contributed by atoms with Gasteiger partial charge in [-0.3, -0.25) is 5.10 Å². The van der Waals surface area contributed by atoms with Crippen molar-refractivity contribution >= 4 is 11.0 Å². The van der Waals surface area contributed by atoms with Gasteiger partial charge in [-0.05, 0) is 43.5 Å². The van der Waals surface area contributed by atoms with Crippen molar-refractivity contribution < 1.29 is 0 Å². The molecule has 3 nitrogen and oxygen atoms in total. The molecule has 3 rings (SSSR count). The van der Waals surface area contributed by atoms with Crippen molar-refractivity contribution in [2.75, 3.05) is 0 Å². The smallest absolute Gasteiger partial charge is 0.181 e. The zero-order valence-electron chi connectivity index (χ0n) is 10.8. The lowest BCUT2D eigenvalue weighted by Crippen LogP contribution is -1.88. The van der Waals surface area contributed by atoms with E-state index in [1.165, 1.54) is 16.7 Å².